The lowest BCUT2D eigenvalue weighted by Gasteiger charge is -2.42. The van der Waals surface area contributed by atoms with Crippen LogP contribution < -0.4 is 5.73 Å². The maximum absolute atomic E-state index is 12.8. The van der Waals surface area contributed by atoms with Crippen LogP contribution in [-0.4, -0.2) is 6.04 Å². The Hall–Kier alpha value is -1.03. The number of benzene rings is 1. The summed E-state index contributed by atoms with van der Waals surface area (Å²) >= 11 is 0. The van der Waals surface area contributed by atoms with E-state index in [0.717, 1.165) is 43.7 Å². The van der Waals surface area contributed by atoms with E-state index < -0.39 is 11.7 Å². The monoisotopic (exact) mass is 282 g/mol. The molecule has 0 saturated heterocycles. The molecule has 0 bridgehead atoms. The van der Waals surface area contributed by atoms with E-state index in [-0.39, 0.29) is 6.04 Å². The highest BCUT2D eigenvalue weighted by Gasteiger charge is 2.42. The van der Waals surface area contributed by atoms with Gasteiger partial charge in [0.15, 0.2) is 0 Å². The Labute approximate surface area is 117 Å². The molecule has 2 fully saturated rings. The van der Waals surface area contributed by atoms with Gasteiger partial charge < -0.3 is 5.73 Å². The Morgan fingerprint density at radius 2 is 1.90 bits per heavy atom. The zero-order chi connectivity index (χ0) is 14.3. The maximum atomic E-state index is 12.8. The molecule has 4 heteroatoms. The molecule has 1 aromatic rings. The number of hydrogen-bond acceptors (Lipinski definition) is 1. The van der Waals surface area contributed by atoms with Gasteiger partial charge in [0.1, 0.15) is 0 Å². The van der Waals surface area contributed by atoms with Crippen LogP contribution in [0.25, 0.3) is 0 Å². The molecule has 109 valence electrons. The van der Waals surface area contributed by atoms with E-state index in [1.807, 2.05) is 0 Å². The van der Waals surface area contributed by atoms with Gasteiger partial charge in [0.2, 0.25) is 0 Å². The van der Waals surface area contributed by atoms with Crippen molar-refractivity contribution in [2.24, 2.45) is 17.6 Å². The molecule has 3 unspecified atom stereocenters. The van der Waals surface area contributed by atoms with Gasteiger partial charge >= 0.3 is 6.18 Å². The van der Waals surface area contributed by atoms with Gasteiger partial charge in [-0.2, -0.15) is 13.2 Å². The number of nitrogens with two attached hydrogens (primary N) is 1. The van der Waals surface area contributed by atoms with Crippen molar-refractivity contribution in [1.82, 2.24) is 0 Å². The average molecular weight is 282 g/mol. The number of alkyl halides is 3. The van der Waals surface area contributed by atoms with Crippen LogP contribution >= 0.6 is 0 Å². The zero-order valence-electron chi connectivity index (χ0n) is 11.3. The van der Waals surface area contributed by atoms with E-state index in [9.17, 15) is 13.2 Å². The second-order valence-electron chi connectivity index (χ2n) is 6.01. The fourth-order valence-corrected chi connectivity index (χ4v) is 3.70. The van der Waals surface area contributed by atoms with Crippen LogP contribution in [0.5, 0.6) is 0 Å². The second-order valence-corrected chi connectivity index (χ2v) is 6.01. The summed E-state index contributed by atoms with van der Waals surface area (Å²) in [5.41, 5.74) is 6.34. The summed E-state index contributed by atoms with van der Waals surface area (Å²) in [4.78, 5) is 0. The van der Waals surface area contributed by atoms with Gasteiger partial charge in [-0.15, -0.1) is 0 Å². The molecule has 2 aliphatic carbocycles. The SMILES string of the molecule is NC1CCCC1C1CC[C]1c1cccc(C(F)(F)F)c1. The standard InChI is InChI=1S/C16H19F3N/c17-16(18,19)11-4-1-3-10(9-11)12-7-8-13(12)14-5-2-6-15(14)20/h1,3-4,9,13-15H,2,5-8,20H2. The van der Waals surface area contributed by atoms with Crippen molar-refractivity contribution >= 4 is 0 Å². The first-order valence-corrected chi connectivity index (χ1v) is 7.26. The first-order chi connectivity index (χ1) is 9.47. The molecule has 0 aliphatic heterocycles. The van der Waals surface area contributed by atoms with Crippen molar-refractivity contribution in [1.29, 1.82) is 0 Å². The van der Waals surface area contributed by atoms with Crippen molar-refractivity contribution in [2.45, 2.75) is 44.3 Å². The quantitative estimate of drug-likeness (QED) is 0.865. The third-order valence-corrected chi connectivity index (χ3v) is 4.87. The summed E-state index contributed by atoms with van der Waals surface area (Å²) in [6.07, 6.45) is 1.04. The topological polar surface area (TPSA) is 26.0 Å². The van der Waals surface area contributed by atoms with Crippen LogP contribution in [0.2, 0.25) is 0 Å². The summed E-state index contributed by atoms with van der Waals surface area (Å²) in [6, 6.07) is 5.97. The summed E-state index contributed by atoms with van der Waals surface area (Å²) in [6.45, 7) is 0. The maximum Gasteiger partial charge on any atom is 0.416 e. The van der Waals surface area contributed by atoms with E-state index in [2.05, 4.69) is 0 Å². The highest BCUT2D eigenvalue weighted by atomic mass is 19.4. The molecule has 0 spiro atoms. The molecular weight excluding hydrogens is 263 g/mol. The molecule has 1 nitrogen and oxygen atoms in total. The molecule has 0 amide bonds. The highest BCUT2D eigenvalue weighted by Crippen LogP contribution is 2.50. The number of hydrogen-bond donors (Lipinski definition) is 1. The third kappa shape index (κ3) is 2.46. The third-order valence-electron chi connectivity index (χ3n) is 4.87. The van der Waals surface area contributed by atoms with Crippen LogP contribution in [-0.2, 0) is 6.18 Å². The Balaban J connectivity index is 1.79. The Bertz CT molecular complexity index is 483. The summed E-state index contributed by atoms with van der Waals surface area (Å²) in [5, 5.41) is 0. The molecule has 2 saturated carbocycles. The lowest BCUT2D eigenvalue weighted by Crippen LogP contribution is -2.38. The smallest absolute Gasteiger partial charge is 0.327 e. The number of halogens is 3. The summed E-state index contributed by atoms with van der Waals surface area (Å²) < 4.78 is 38.4. The summed E-state index contributed by atoms with van der Waals surface area (Å²) in [5.74, 6) is 2.04. The predicted molar refractivity (Wildman–Crippen MR) is 71.8 cm³/mol. The molecule has 1 radical (unpaired) electrons. The molecule has 0 heterocycles. The second kappa shape index (κ2) is 5.06. The van der Waals surface area contributed by atoms with Crippen molar-refractivity contribution in [3.05, 3.63) is 41.3 Å². The average Bonchev–Trinajstić information content (AvgIpc) is 2.74. The van der Waals surface area contributed by atoms with Crippen LogP contribution in [0.4, 0.5) is 13.2 Å². The van der Waals surface area contributed by atoms with E-state index >= 15 is 0 Å². The molecule has 2 aliphatic rings. The Morgan fingerprint density at radius 3 is 2.45 bits per heavy atom. The summed E-state index contributed by atoms with van der Waals surface area (Å²) in [7, 11) is 0. The Kier molecular flexibility index (Phi) is 3.53. The van der Waals surface area contributed by atoms with Crippen LogP contribution in [0.3, 0.4) is 0 Å². The molecule has 3 atom stereocenters. The van der Waals surface area contributed by atoms with E-state index in [1.54, 1.807) is 6.07 Å². The van der Waals surface area contributed by atoms with Gasteiger partial charge in [0, 0.05) is 12.0 Å². The minimum absolute atomic E-state index is 0.223. The van der Waals surface area contributed by atoms with Crippen molar-refractivity contribution < 1.29 is 13.2 Å². The highest BCUT2D eigenvalue weighted by molar-refractivity contribution is 5.39. The normalized spacial score (nSPS) is 31.3. The zero-order valence-corrected chi connectivity index (χ0v) is 11.3. The fraction of sp³-hybridized carbons (Fsp3) is 0.562. The molecule has 0 aromatic heterocycles. The lowest BCUT2D eigenvalue weighted by molar-refractivity contribution is -0.137. The van der Waals surface area contributed by atoms with Crippen LogP contribution in [0.15, 0.2) is 24.3 Å². The number of rotatable bonds is 2. The van der Waals surface area contributed by atoms with Gasteiger partial charge in [-0.1, -0.05) is 24.6 Å². The molecule has 20 heavy (non-hydrogen) atoms. The largest absolute Gasteiger partial charge is 0.416 e. The minimum Gasteiger partial charge on any atom is -0.327 e. The lowest BCUT2D eigenvalue weighted by atomic mass is 9.63. The van der Waals surface area contributed by atoms with Crippen molar-refractivity contribution in [3.63, 3.8) is 0 Å². The molecule has 3 rings (SSSR count). The van der Waals surface area contributed by atoms with Gasteiger partial charge in [0.05, 0.1) is 5.56 Å². The first kappa shape index (κ1) is 13.9. The van der Waals surface area contributed by atoms with E-state index in [4.69, 9.17) is 5.73 Å². The Morgan fingerprint density at radius 1 is 1.10 bits per heavy atom. The van der Waals surface area contributed by atoms with Crippen molar-refractivity contribution in [2.75, 3.05) is 0 Å². The molecular formula is C16H19F3N. The predicted octanol–water partition coefficient (Wildman–Crippen LogP) is 4.17. The van der Waals surface area contributed by atoms with Crippen LogP contribution in [0.1, 0.15) is 43.2 Å². The van der Waals surface area contributed by atoms with Gasteiger partial charge in [-0.3, -0.25) is 0 Å². The first-order valence-electron chi connectivity index (χ1n) is 7.26. The van der Waals surface area contributed by atoms with E-state index in [0.29, 0.717) is 11.8 Å². The minimum atomic E-state index is -4.26. The van der Waals surface area contributed by atoms with Gasteiger partial charge in [0.25, 0.3) is 0 Å². The van der Waals surface area contributed by atoms with Crippen LogP contribution in [0, 0.1) is 17.8 Å². The van der Waals surface area contributed by atoms with Gasteiger partial charge in [-0.25, -0.2) is 0 Å². The molecule has 2 N–H and O–H groups in total. The van der Waals surface area contributed by atoms with Crippen molar-refractivity contribution in [3.8, 4) is 0 Å². The van der Waals surface area contributed by atoms with Gasteiger partial charge in [-0.05, 0) is 49.1 Å². The fourth-order valence-electron chi connectivity index (χ4n) is 3.70. The molecule has 1 aromatic carbocycles. The van der Waals surface area contributed by atoms with E-state index in [1.165, 1.54) is 18.1 Å².